The number of aliphatic hydroxyl groups is 1. The summed E-state index contributed by atoms with van der Waals surface area (Å²) in [5.41, 5.74) is 1.87. The number of fused-ring (bicyclic) bond motifs is 1. The topological polar surface area (TPSA) is 81.7 Å². The number of hydrogen-bond acceptors (Lipinski definition) is 4. The Morgan fingerprint density at radius 3 is 2.81 bits per heavy atom. The molecule has 0 aliphatic carbocycles. The number of halogens is 1. The van der Waals surface area contributed by atoms with Crippen LogP contribution in [-0.2, 0) is 9.59 Å². The van der Waals surface area contributed by atoms with Gasteiger partial charge in [0.25, 0.3) is 5.91 Å². The molecular weight excluding hydrogens is 338 g/mol. The van der Waals surface area contributed by atoms with Gasteiger partial charge >= 0.3 is 0 Å². The van der Waals surface area contributed by atoms with E-state index >= 15 is 0 Å². The van der Waals surface area contributed by atoms with Crippen LogP contribution in [0.1, 0.15) is 25.5 Å². The van der Waals surface area contributed by atoms with Crippen LogP contribution < -0.4 is 15.5 Å². The monoisotopic (exact) mass is 355 g/mol. The van der Waals surface area contributed by atoms with Gasteiger partial charge in [-0.1, -0.05) is 0 Å². The zero-order chi connectivity index (χ0) is 15.7. The van der Waals surface area contributed by atoms with Gasteiger partial charge in [0.05, 0.1) is 12.2 Å². The molecule has 0 fully saturated rings. The van der Waals surface area contributed by atoms with Crippen LogP contribution in [0.3, 0.4) is 0 Å². The molecule has 7 heteroatoms. The highest BCUT2D eigenvalue weighted by atomic mass is 79.9. The van der Waals surface area contributed by atoms with Gasteiger partial charge in [0.2, 0.25) is 5.91 Å². The van der Waals surface area contributed by atoms with E-state index in [1.54, 1.807) is 24.1 Å². The lowest BCUT2D eigenvalue weighted by Crippen LogP contribution is -2.38. The van der Waals surface area contributed by atoms with Crippen LogP contribution in [0.4, 0.5) is 11.4 Å². The minimum atomic E-state index is -1.14. The molecule has 0 saturated heterocycles. The second-order valence-electron chi connectivity index (χ2n) is 5.36. The Bertz CT molecular complexity index is 589. The van der Waals surface area contributed by atoms with E-state index in [1.165, 1.54) is 0 Å². The summed E-state index contributed by atoms with van der Waals surface area (Å²) in [7, 11) is 1.79. The third kappa shape index (κ3) is 3.36. The van der Waals surface area contributed by atoms with E-state index < -0.39 is 12.0 Å². The lowest BCUT2D eigenvalue weighted by atomic mass is 10.1. The number of aliphatic hydroxyl groups excluding tert-OH is 1. The molecule has 0 spiro atoms. The number of hydrogen-bond donors (Lipinski definition) is 3. The number of carbonyl (C=O) groups is 2. The summed E-state index contributed by atoms with van der Waals surface area (Å²) in [6, 6.07) is 3.53. The van der Waals surface area contributed by atoms with Gasteiger partial charge in [-0.2, -0.15) is 0 Å². The molecule has 114 valence electrons. The average Bonchev–Trinajstić information content (AvgIpc) is 2.63. The van der Waals surface area contributed by atoms with Crippen LogP contribution in [0.25, 0.3) is 0 Å². The van der Waals surface area contributed by atoms with Gasteiger partial charge < -0.3 is 20.6 Å². The van der Waals surface area contributed by atoms with Crippen LogP contribution in [-0.4, -0.2) is 36.6 Å². The molecule has 1 aromatic carbocycles. The van der Waals surface area contributed by atoms with Gasteiger partial charge in [-0.05, 0) is 41.9 Å². The minimum Gasteiger partial charge on any atom is -0.378 e. The zero-order valence-corrected chi connectivity index (χ0v) is 13.7. The van der Waals surface area contributed by atoms with Crippen molar-refractivity contribution < 1.29 is 14.7 Å². The third-order valence-electron chi connectivity index (χ3n) is 3.16. The molecule has 6 nitrogen and oxygen atoms in total. The van der Waals surface area contributed by atoms with Crippen LogP contribution in [0.5, 0.6) is 0 Å². The van der Waals surface area contributed by atoms with Gasteiger partial charge in [-0.3, -0.25) is 9.59 Å². The minimum absolute atomic E-state index is 0.0797. The Morgan fingerprint density at radius 1 is 1.52 bits per heavy atom. The van der Waals surface area contributed by atoms with Gasteiger partial charge in [-0.25, -0.2) is 0 Å². The van der Waals surface area contributed by atoms with Crippen molar-refractivity contribution in [1.82, 2.24) is 5.32 Å². The predicted molar refractivity (Wildman–Crippen MR) is 84.3 cm³/mol. The lowest BCUT2D eigenvalue weighted by molar-refractivity contribution is -0.123. The Labute approximate surface area is 131 Å². The van der Waals surface area contributed by atoms with Crippen molar-refractivity contribution in [3.63, 3.8) is 0 Å². The van der Waals surface area contributed by atoms with Gasteiger partial charge in [0, 0.05) is 28.8 Å². The zero-order valence-electron chi connectivity index (χ0n) is 12.1. The summed E-state index contributed by atoms with van der Waals surface area (Å²) < 4.78 is 0.719. The van der Waals surface area contributed by atoms with Gasteiger partial charge in [0.1, 0.15) is 0 Å². The van der Waals surface area contributed by atoms with Crippen LogP contribution in [0.15, 0.2) is 16.6 Å². The normalized spacial score (nSPS) is 16.7. The first kappa shape index (κ1) is 15.8. The highest BCUT2D eigenvalue weighted by Gasteiger charge is 2.30. The molecule has 1 aliphatic rings. The molecule has 3 N–H and O–H groups in total. The molecule has 21 heavy (non-hydrogen) atoms. The van der Waals surface area contributed by atoms with E-state index in [2.05, 4.69) is 26.6 Å². The molecule has 0 aromatic heterocycles. The number of nitrogens with one attached hydrogen (secondary N) is 2. The third-order valence-corrected chi connectivity index (χ3v) is 3.80. The van der Waals surface area contributed by atoms with Crippen molar-refractivity contribution in [2.45, 2.75) is 26.0 Å². The fraction of sp³-hybridized carbons (Fsp3) is 0.429. The summed E-state index contributed by atoms with van der Waals surface area (Å²) in [6.07, 6.45) is -1.14. The summed E-state index contributed by atoms with van der Waals surface area (Å²) in [4.78, 5) is 25.1. The SMILES string of the molecule is CC(C)NC(=O)CN(C)c1cc2c(cc1Br)C(O)C(=O)N2. The fourth-order valence-corrected chi connectivity index (χ4v) is 2.88. The number of rotatable bonds is 4. The molecular formula is C14H18BrN3O3. The van der Waals surface area contributed by atoms with Crippen LogP contribution in [0.2, 0.25) is 0 Å². The Morgan fingerprint density at radius 2 is 2.19 bits per heavy atom. The number of benzene rings is 1. The van der Waals surface area contributed by atoms with Gasteiger partial charge in [-0.15, -0.1) is 0 Å². The Kier molecular flexibility index (Phi) is 4.53. The molecule has 0 saturated carbocycles. The summed E-state index contributed by atoms with van der Waals surface area (Å²) in [5.74, 6) is -0.516. The second-order valence-corrected chi connectivity index (χ2v) is 6.22. The van der Waals surface area contributed by atoms with Crippen molar-refractivity contribution in [1.29, 1.82) is 0 Å². The summed E-state index contributed by atoms with van der Waals surface area (Å²) in [5, 5.41) is 15.2. The fourth-order valence-electron chi connectivity index (χ4n) is 2.21. The first-order valence-corrected chi connectivity index (χ1v) is 7.41. The van der Waals surface area contributed by atoms with E-state index in [4.69, 9.17) is 0 Å². The number of carbonyl (C=O) groups excluding carboxylic acids is 2. The molecule has 1 heterocycles. The molecule has 0 radical (unpaired) electrons. The van der Waals surface area contributed by atoms with Crippen LogP contribution >= 0.6 is 15.9 Å². The van der Waals surface area contributed by atoms with Crippen molar-refractivity contribution in [2.75, 3.05) is 23.8 Å². The van der Waals surface area contributed by atoms with Crippen molar-refractivity contribution in [3.05, 3.63) is 22.2 Å². The maximum absolute atomic E-state index is 11.8. The Hall–Kier alpha value is -1.60. The number of likely N-dealkylation sites (N-methyl/N-ethyl adjacent to an activating group) is 1. The quantitative estimate of drug-likeness (QED) is 0.762. The summed E-state index contributed by atoms with van der Waals surface area (Å²) >= 11 is 3.42. The van der Waals surface area contributed by atoms with Crippen molar-refractivity contribution >= 4 is 39.1 Å². The van der Waals surface area contributed by atoms with E-state index in [-0.39, 0.29) is 18.5 Å². The number of nitrogens with zero attached hydrogens (tertiary/aromatic N) is 1. The highest BCUT2D eigenvalue weighted by Crippen LogP contribution is 2.38. The predicted octanol–water partition coefficient (Wildman–Crippen LogP) is 1.40. The van der Waals surface area contributed by atoms with Gasteiger partial charge in [0.15, 0.2) is 6.10 Å². The smallest absolute Gasteiger partial charge is 0.257 e. The lowest BCUT2D eigenvalue weighted by Gasteiger charge is -2.22. The first-order valence-electron chi connectivity index (χ1n) is 6.62. The van der Waals surface area contributed by atoms with E-state index in [1.807, 2.05) is 13.8 Å². The highest BCUT2D eigenvalue weighted by molar-refractivity contribution is 9.10. The summed E-state index contributed by atoms with van der Waals surface area (Å²) in [6.45, 7) is 4.01. The van der Waals surface area contributed by atoms with Crippen molar-refractivity contribution in [3.8, 4) is 0 Å². The van der Waals surface area contributed by atoms with E-state index in [0.29, 0.717) is 11.3 Å². The largest absolute Gasteiger partial charge is 0.378 e. The molecule has 1 aliphatic heterocycles. The van der Waals surface area contributed by atoms with Crippen LogP contribution in [0, 0.1) is 0 Å². The van der Waals surface area contributed by atoms with E-state index in [9.17, 15) is 14.7 Å². The molecule has 2 amide bonds. The second kappa shape index (κ2) is 6.03. The molecule has 1 unspecified atom stereocenters. The maximum Gasteiger partial charge on any atom is 0.257 e. The van der Waals surface area contributed by atoms with E-state index in [0.717, 1.165) is 10.2 Å². The van der Waals surface area contributed by atoms with Crippen molar-refractivity contribution in [2.24, 2.45) is 0 Å². The Balaban J connectivity index is 2.20. The maximum atomic E-state index is 11.8. The molecule has 0 bridgehead atoms. The first-order chi connectivity index (χ1) is 9.79. The average molecular weight is 356 g/mol. The molecule has 1 atom stereocenters. The number of anilines is 2. The molecule has 2 rings (SSSR count). The standard InChI is InChI=1S/C14H18BrN3O3/c1-7(2)16-12(19)6-18(3)11-5-10-8(4-9(11)15)13(20)14(21)17-10/h4-5,7,13,20H,6H2,1-3H3,(H,16,19)(H,17,21). The number of amides is 2. The molecule has 1 aromatic rings.